The molecule has 0 aliphatic rings. The van der Waals surface area contributed by atoms with Gasteiger partial charge in [-0.2, -0.15) is 0 Å². The molecule has 0 saturated heterocycles. The Morgan fingerprint density at radius 2 is 1.64 bits per heavy atom. The van der Waals surface area contributed by atoms with E-state index >= 15 is 0 Å². The lowest BCUT2D eigenvalue weighted by Crippen LogP contribution is -1.94. The summed E-state index contributed by atoms with van der Waals surface area (Å²) in [6.07, 6.45) is 0. The summed E-state index contributed by atoms with van der Waals surface area (Å²) in [5.41, 5.74) is 6.54. The number of nitrogens with two attached hydrogens (primary N) is 1. The molecule has 0 amide bonds. The molecule has 11 heavy (non-hydrogen) atoms. The smallest absolute Gasteiger partial charge is 0.0178 e. The van der Waals surface area contributed by atoms with Gasteiger partial charge in [-0.05, 0) is 5.56 Å². The molecule has 4 N–H and O–H groups in total. The fraction of sp³-hybridized carbons (Fsp3) is 0.143. The van der Waals surface area contributed by atoms with Gasteiger partial charge in [0.15, 0.2) is 0 Å². The molecule has 0 spiro atoms. The van der Waals surface area contributed by atoms with Crippen LogP contribution in [-0.4, -0.2) is 10.5 Å². The van der Waals surface area contributed by atoms with E-state index in [0.29, 0.717) is 6.54 Å². The summed E-state index contributed by atoms with van der Waals surface area (Å²) >= 11 is 0. The minimum absolute atomic E-state index is 0.640. The first-order valence-electron chi connectivity index (χ1n) is 3.04. The summed E-state index contributed by atoms with van der Waals surface area (Å²) in [6, 6.07) is 9.99. The van der Waals surface area contributed by atoms with E-state index in [1.54, 1.807) is 0 Å². The molecule has 0 aliphatic heterocycles. The van der Waals surface area contributed by atoms with E-state index in [9.17, 15) is 0 Å². The maximum absolute atomic E-state index is 6.62. The highest BCUT2D eigenvalue weighted by atomic mass is 17.4. The van der Waals surface area contributed by atoms with Gasteiger partial charge in [-0.15, -0.1) is 0 Å². The lowest BCUT2D eigenvalue weighted by Gasteiger charge is -1.90. The van der Waals surface area contributed by atoms with Crippen LogP contribution in [0.15, 0.2) is 30.3 Å². The topological polar surface area (TPSA) is 75.7 Å². The SMILES string of the molecule is NCc1ccccc1.OOO. The summed E-state index contributed by atoms with van der Waals surface area (Å²) in [6.45, 7) is 0.640. The summed E-state index contributed by atoms with van der Waals surface area (Å²) in [5.74, 6) is 0. The predicted molar refractivity (Wildman–Crippen MR) is 40.7 cm³/mol. The van der Waals surface area contributed by atoms with Gasteiger partial charge in [0.05, 0.1) is 0 Å². The number of hydrogen-bond donors (Lipinski definition) is 3. The molecule has 0 fully saturated rings. The molecular weight excluding hydrogens is 146 g/mol. The summed E-state index contributed by atoms with van der Waals surface area (Å²) in [5, 5.41) is 15.5. The minimum Gasteiger partial charge on any atom is -0.326 e. The van der Waals surface area contributed by atoms with E-state index < -0.39 is 0 Å². The van der Waals surface area contributed by atoms with Gasteiger partial charge in [-0.1, -0.05) is 35.4 Å². The highest BCUT2D eigenvalue weighted by Gasteiger charge is 1.80. The van der Waals surface area contributed by atoms with Crippen molar-refractivity contribution in [2.24, 2.45) is 5.73 Å². The van der Waals surface area contributed by atoms with Crippen LogP contribution in [0.3, 0.4) is 0 Å². The van der Waals surface area contributed by atoms with Crippen molar-refractivity contribution in [3.8, 4) is 0 Å². The largest absolute Gasteiger partial charge is 0.326 e. The van der Waals surface area contributed by atoms with Gasteiger partial charge in [0.2, 0.25) is 0 Å². The van der Waals surface area contributed by atoms with Crippen LogP contribution >= 0.6 is 0 Å². The lowest BCUT2D eigenvalue weighted by atomic mass is 10.2. The van der Waals surface area contributed by atoms with Crippen LogP contribution in [0.1, 0.15) is 5.56 Å². The van der Waals surface area contributed by atoms with Crippen molar-refractivity contribution >= 4 is 0 Å². The van der Waals surface area contributed by atoms with Crippen molar-refractivity contribution in [3.05, 3.63) is 35.9 Å². The Morgan fingerprint density at radius 1 is 1.18 bits per heavy atom. The third kappa shape index (κ3) is 5.50. The first kappa shape index (κ1) is 10.1. The van der Waals surface area contributed by atoms with E-state index in [2.05, 4.69) is 5.04 Å². The molecule has 1 rings (SSSR count). The molecule has 4 nitrogen and oxygen atoms in total. The van der Waals surface area contributed by atoms with Crippen molar-refractivity contribution in [1.29, 1.82) is 0 Å². The maximum atomic E-state index is 6.62. The Labute approximate surface area is 64.7 Å². The zero-order chi connectivity index (χ0) is 8.53. The molecule has 0 aliphatic carbocycles. The van der Waals surface area contributed by atoms with Crippen molar-refractivity contribution in [3.63, 3.8) is 0 Å². The van der Waals surface area contributed by atoms with E-state index in [1.807, 2.05) is 30.3 Å². The molecule has 4 heteroatoms. The van der Waals surface area contributed by atoms with Crippen molar-refractivity contribution < 1.29 is 15.6 Å². The van der Waals surface area contributed by atoms with E-state index in [1.165, 1.54) is 5.56 Å². The van der Waals surface area contributed by atoms with Crippen LogP contribution < -0.4 is 5.73 Å². The number of rotatable bonds is 1. The van der Waals surface area contributed by atoms with Crippen LogP contribution in [0.2, 0.25) is 0 Å². The zero-order valence-corrected chi connectivity index (χ0v) is 5.97. The minimum atomic E-state index is 0.640. The number of hydrogen-bond acceptors (Lipinski definition) is 4. The zero-order valence-electron chi connectivity index (χ0n) is 5.97. The van der Waals surface area contributed by atoms with E-state index in [4.69, 9.17) is 16.2 Å². The first-order chi connectivity index (χ1) is 5.35. The van der Waals surface area contributed by atoms with Crippen LogP contribution in [0.4, 0.5) is 0 Å². The van der Waals surface area contributed by atoms with Crippen LogP contribution in [-0.2, 0) is 11.6 Å². The summed E-state index contributed by atoms with van der Waals surface area (Å²) in [7, 11) is 0. The maximum Gasteiger partial charge on any atom is 0.0178 e. The second kappa shape index (κ2) is 7.17. The molecular formula is C7H11NO3. The van der Waals surface area contributed by atoms with Crippen LogP contribution in [0, 0.1) is 0 Å². The summed E-state index contributed by atoms with van der Waals surface area (Å²) in [4.78, 5) is 0. The van der Waals surface area contributed by atoms with Gasteiger partial charge in [-0.25, -0.2) is 10.5 Å². The highest BCUT2D eigenvalue weighted by molar-refractivity contribution is 5.13. The van der Waals surface area contributed by atoms with Crippen molar-refractivity contribution in [1.82, 2.24) is 0 Å². The second-order valence-corrected chi connectivity index (χ2v) is 1.77. The Morgan fingerprint density at radius 3 is 1.91 bits per heavy atom. The molecule has 1 aromatic carbocycles. The van der Waals surface area contributed by atoms with Crippen molar-refractivity contribution in [2.75, 3.05) is 0 Å². The third-order valence-corrected chi connectivity index (χ3v) is 1.08. The van der Waals surface area contributed by atoms with Gasteiger partial charge >= 0.3 is 0 Å². The molecule has 0 bridgehead atoms. The first-order valence-corrected chi connectivity index (χ1v) is 3.04. The molecule has 0 heterocycles. The summed E-state index contributed by atoms with van der Waals surface area (Å²) < 4.78 is 0. The fourth-order valence-electron chi connectivity index (χ4n) is 0.614. The van der Waals surface area contributed by atoms with Gasteiger partial charge in [0.25, 0.3) is 0 Å². The molecule has 0 aromatic heterocycles. The molecule has 0 unspecified atom stereocenters. The molecule has 1 aromatic rings. The Hall–Kier alpha value is -0.940. The Bertz CT molecular complexity index is 167. The fourth-order valence-corrected chi connectivity index (χ4v) is 0.614. The Balaban J connectivity index is 0.000000292. The second-order valence-electron chi connectivity index (χ2n) is 1.77. The van der Waals surface area contributed by atoms with Crippen LogP contribution in [0.5, 0.6) is 0 Å². The monoisotopic (exact) mass is 157 g/mol. The number of benzene rings is 1. The van der Waals surface area contributed by atoms with Gasteiger partial charge < -0.3 is 5.73 Å². The molecule has 0 radical (unpaired) electrons. The van der Waals surface area contributed by atoms with Crippen LogP contribution in [0.25, 0.3) is 0 Å². The average molecular weight is 157 g/mol. The molecule has 62 valence electrons. The van der Waals surface area contributed by atoms with E-state index in [-0.39, 0.29) is 0 Å². The molecule has 0 saturated carbocycles. The lowest BCUT2D eigenvalue weighted by molar-refractivity contribution is -0.465. The normalized spacial score (nSPS) is 8.27. The van der Waals surface area contributed by atoms with Crippen molar-refractivity contribution in [2.45, 2.75) is 6.54 Å². The van der Waals surface area contributed by atoms with Gasteiger partial charge in [-0.3, -0.25) is 0 Å². The third-order valence-electron chi connectivity index (χ3n) is 1.08. The molecule has 0 atom stereocenters. The quantitative estimate of drug-likeness (QED) is 0.421. The average Bonchev–Trinajstić information content (AvgIpc) is 2.08. The Kier molecular flexibility index (Phi) is 6.56. The van der Waals surface area contributed by atoms with Gasteiger partial charge in [0, 0.05) is 6.54 Å². The highest BCUT2D eigenvalue weighted by Crippen LogP contribution is 1.94. The van der Waals surface area contributed by atoms with E-state index in [0.717, 1.165) is 0 Å². The standard InChI is InChI=1S/C7H9N.H2O3/c8-6-7-4-2-1-3-5-7;1-3-2/h1-5H,6,8H2;1-2H. The van der Waals surface area contributed by atoms with Gasteiger partial charge in [0.1, 0.15) is 0 Å². The predicted octanol–water partition coefficient (Wildman–Crippen LogP) is 1.09.